The van der Waals surface area contributed by atoms with Gasteiger partial charge in [0, 0.05) is 29.6 Å². The van der Waals surface area contributed by atoms with Crippen molar-refractivity contribution in [1.82, 2.24) is 30.3 Å². The molecule has 4 aromatic rings. The number of aromatic amines is 1. The molecule has 0 bridgehead atoms. The maximum atomic E-state index is 12.1. The first-order valence-electron chi connectivity index (χ1n) is 9.13. The van der Waals surface area contributed by atoms with Crippen LogP contribution in [0.4, 0.5) is 11.6 Å². The Hall–Kier alpha value is -3.39. The van der Waals surface area contributed by atoms with E-state index in [1.54, 1.807) is 30.1 Å². The summed E-state index contributed by atoms with van der Waals surface area (Å²) in [4.78, 5) is 16.7. The van der Waals surface area contributed by atoms with Gasteiger partial charge in [0.05, 0.1) is 22.4 Å². The van der Waals surface area contributed by atoms with Gasteiger partial charge in [-0.15, -0.1) is 5.10 Å². The fourth-order valence-electron chi connectivity index (χ4n) is 2.93. The van der Waals surface area contributed by atoms with Crippen LogP contribution in [0.1, 0.15) is 24.2 Å². The second-order valence-corrected chi connectivity index (χ2v) is 7.35. The minimum Gasteiger partial charge on any atom is -0.350 e. The number of nitrogens with one attached hydrogen (secondary N) is 3. The van der Waals surface area contributed by atoms with E-state index in [1.807, 2.05) is 38.1 Å². The number of amides is 1. The standard InChI is InChI=1S/C20H20ClN7O/c1-11(2)23-19(29)13-6-4-12(5-7-13)18-25-20(28(3)27-18)24-16-9-8-15-14(17(16)21)10-22-26-15/h4-11H,1-3H3,(H,22,26)(H,23,29)(H,24,25,27). The lowest BCUT2D eigenvalue weighted by atomic mass is 10.1. The van der Waals surface area contributed by atoms with Crippen molar-refractivity contribution in [2.24, 2.45) is 7.05 Å². The fourth-order valence-corrected chi connectivity index (χ4v) is 3.19. The third kappa shape index (κ3) is 3.79. The van der Waals surface area contributed by atoms with Crippen molar-refractivity contribution >= 4 is 40.0 Å². The second kappa shape index (κ2) is 7.56. The molecule has 0 spiro atoms. The smallest absolute Gasteiger partial charge is 0.251 e. The molecule has 0 saturated carbocycles. The number of fused-ring (bicyclic) bond motifs is 1. The molecular formula is C20H20ClN7O. The number of benzene rings is 2. The molecule has 0 atom stereocenters. The molecule has 0 unspecified atom stereocenters. The maximum absolute atomic E-state index is 12.1. The summed E-state index contributed by atoms with van der Waals surface area (Å²) in [6.45, 7) is 3.85. The molecule has 0 saturated heterocycles. The van der Waals surface area contributed by atoms with Gasteiger partial charge in [0.15, 0.2) is 5.82 Å². The van der Waals surface area contributed by atoms with Crippen molar-refractivity contribution in [3.63, 3.8) is 0 Å². The molecule has 4 rings (SSSR count). The number of halogens is 1. The summed E-state index contributed by atoms with van der Waals surface area (Å²) < 4.78 is 1.64. The molecule has 2 aromatic carbocycles. The van der Waals surface area contributed by atoms with E-state index in [9.17, 15) is 4.79 Å². The molecule has 0 aliphatic carbocycles. The predicted molar refractivity (Wildman–Crippen MR) is 113 cm³/mol. The van der Waals surface area contributed by atoms with Crippen molar-refractivity contribution in [2.75, 3.05) is 5.32 Å². The van der Waals surface area contributed by atoms with Crippen LogP contribution < -0.4 is 10.6 Å². The quantitative estimate of drug-likeness (QED) is 0.464. The van der Waals surface area contributed by atoms with E-state index in [-0.39, 0.29) is 11.9 Å². The number of aryl methyl sites for hydroxylation is 1. The van der Waals surface area contributed by atoms with Crippen molar-refractivity contribution in [2.45, 2.75) is 19.9 Å². The summed E-state index contributed by atoms with van der Waals surface area (Å²) in [5, 5.41) is 18.8. The zero-order valence-corrected chi connectivity index (χ0v) is 16.9. The van der Waals surface area contributed by atoms with Crippen LogP contribution in [-0.4, -0.2) is 36.9 Å². The molecule has 0 aliphatic heterocycles. The summed E-state index contributed by atoms with van der Waals surface area (Å²) in [6.07, 6.45) is 1.68. The Balaban J connectivity index is 1.57. The van der Waals surface area contributed by atoms with Crippen LogP contribution in [0.5, 0.6) is 0 Å². The van der Waals surface area contributed by atoms with Crippen molar-refractivity contribution < 1.29 is 4.79 Å². The first-order chi connectivity index (χ1) is 13.9. The first kappa shape index (κ1) is 18.9. The number of hydrogen-bond acceptors (Lipinski definition) is 5. The van der Waals surface area contributed by atoms with Crippen molar-refractivity contribution in [3.05, 3.63) is 53.2 Å². The van der Waals surface area contributed by atoms with Crippen LogP contribution >= 0.6 is 11.6 Å². The summed E-state index contributed by atoms with van der Waals surface area (Å²) in [6, 6.07) is 11.0. The van der Waals surface area contributed by atoms with Gasteiger partial charge < -0.3 is 10.6 Å². The summed E-state index contributed by atoms with van der Waals surface area (Å²) >= 11 is 6.47. The van der Waals surface area contributed by atoms with Crippen molar-refractivity contribution in [1.29, 1.82) is 0 Å². The van der Waals surface area contributed by atoms with Crippen LogP contribution in [0.15, 0.2) is 42.6 Å². The highest BCUT2D eigenvalue weighted by molar-refractivity contribution is 6.38. The zero-order valence-electron chi connectivity index (χ0n) is 16.2. The van der Waals surface area contributed by atoms with Gasteiger partial charge >= 0.3 is 0 Å². The number of hydrogen-bond donors (Lipinski definition) is 3. The minimum atomic E-state index is -0.104. The fraction of sp³-hybridized carbons (Fsp3) is 0.200. The van der Waals surface area contributed by atoms with Gasteiger partial charge in [0.2, 0.25) is 5.95 Å². The van der Waals surface area contributed by atoms with Gasteiger partial charge in [0.25, 0.3) is 5.91 Å². The Labute approximate surface area is 172 Å². The normalized spacial score (nSPS) is 11.2. The van der Waals surface area contributed by atoms with Gasteiger partial charge in [-0.2, -0.15) is 10.1 Å². The lowest BCUT2D eigenvalue weighted by Crippen LogP contribution is -2.29. The molecule has 1 amide bonds. The van der Waals surface area contributed by atoms with Gasteiger partial charge in [-0.1, -0.05) is 23.7 Å². The molecule has 8 nitrogen and oxygen atoms in total. The average molecular weight is 410 g/mol. The Morgan fingerprint density at radius 1 is 1.17 bits per heavy atom. The lowest BCUT2D eigenvalue weighted by Gasteiger charge is -2.08. The molecule has 9 heteroatoms. The molecular weight excluding hydrogens is 390 g/mol. The molecule has 2 aromatic heterocycles. The molecule has 0 aliphatic rings. The monoisotopic (exact) mass is 409 g/mol. The SMILES string of the molecule is CC(C)NC(=O)c1ccc(-c2nc(Nc3ccc4[nH]ncc4c3Cl)n(C)n2)cc1. The van der Waals surface area contributed by atoms with Crippen molar-refractivity contribution in [3.8, 4) is 11.4 Å². The number of nitrogens with zero attached hydrogens (tertiary/aromatic N) is 4. The van der Waals surface area contributed by atoms with E-state index in [2.05, 4.69) is 30.9 Å². The van der Waals surface area contributed by atoms with E-state index in [1.165, 1.54) is 0 Å². The maximum Gasteiger partial charge on any atom is 0.251 e. The number of rotatable bonds is 5. The van der Waals surface area contributed by atoms with Crippen LogP contribution in [0.3, 0.4) is 0 Å². The Morgan fingerprint density at radius 3 is 2.66 bits per heavy atom. The predicted octanol–water partition coefficient (Wildman–Crippen LogP) is 3.89. The largest absolute Gasteiger partial charge is 0.350 e. The van der Waals surface area contributed by atoms with Crippen LogP contribution in [0, 0.1) is 0 Å². The molecule has 0 radical (unpaired) electrons. The highest BCUT2D eigenvalue weighted by atomic mass is 35.5. The van der Waals surface area contributed by atoms with Crippen LogP contribution in [0.25, 0.3) is 22.3 Å². The molecule has 29 heavy (non-hydrogen) atoms. The number of carbonyl (C=O) groups is 1. The number of aromatic nitrogens is 5. The van der Waals surface area contributed by atoms with Crippen LogP contribution in [0.2, 0.25) is 5.02 Å². The number of anilines is 2. The van der Waals surface area contributed by atoms with E-state index in [0.717, 1.165) is 16.5 Å². The van der Waals surface area contributed by atoms with Gasteiger partial charge in [-0.3, -0.25) is 9.89 Å². The van der Waals surface area contributed by atoms with Crippen LogP contribution in [-0.2, 0) is 7.05 Å². The topological polar surface area (TPSA) is 101 Å². The Morgan fingerprint density at radius 2 is 1.93 bits per heavy atom. The molecule has 0 fully saturated rings. The van der Waals surface area contributed by atoms with Gasteiger partial charge in [0.1, 0.15) is 0 Å². The van der Waals surface area contributed by atoms with Gasteiger partial charge in [-0.25, -0.2) is 4.68 Å². The van der Waals surface area contributed by atoms with E-state index >= 15 is 0 Å². The minimum absolute atomic E-state index is 0.0846. The highest BCUT2D eigenvalue weighted by Crippen LogP contribution is 2.32. The zero-order chi connectivity index (χ0) is 20.5. The van der Waals surface area contributed by atoms with E-state index in [4.69, 9.17) is 11.6 Å². The Kier molecular flexibility index (Phi) is 4.94. The summed E-state index contributed by atoms with van der Waals surface area (Å²) in [5.41, 5.74) is 2.98. The number of carbonyl (C=O) groups excluding carboxylic acids is 1. The lowest BCUT2D eigenvalue weighted by molar-refractivity contribution is 0.0943. The Bertz CT molecular complexity index is 1180. The summed E-state index contributed by atoms with van der Waals surface area (Å²) in [7, 11) is 1.80. The molecule has 148 valence electrons. The third-order valence-electron chi connectivity index (χ3n) is 4.39. The number of H-pyrrole nitrogens is 1. The molecule has 2 heterocycles. The first-order valence-corrected chi connectivity index (χ1v) is 9.51. The summed E-state index contributed by atoms with van der Waals surface area (Å²) in [5.74, 6) is 0.991. The average Bonchev–Trinajstić information content (AvgIpc) is 3.31. The van der Waals surface area contributed by atoms with E-state index < -0.39 is 0 Å². The third-order valence-corrected chi connectivity index (χ3v) is 4.80. The molecule has 3 N–H and O–H groups in total. The van der Waals surface area contributed by atoms with E-state index in [0.29, 0.717) is 28.0 Å². The second-order valence-electron chi connectivity index (χ2n) is 6.97. The highest BCUT2D eigenvalue weighted by Gasteiger charge is 2.14. The van der Waals surface area contributed by atoms with Gasteiger partial charge in [-0.05, 0) is 38.1 Å².